The van der Waals surface area contributed by atoms with Crippen LogP contribution in [-0.2, 0) is 17.3 Å². The van der Waals surface area contributed by atoms with Crippen molar-refractivity contribution in [2.75, 3.05) is 0 Å². The van der Waals surface area contributed by atoms with Crippen LogP contribution in [0.3, 0.4) is 0 Å². The third-order valence-corrected chi connectivity index (χ3v) is 3.62. The van der Waals surface area contributed by atoms with Crippen LogP contribution in [0.5, 0.6) is 0 Å². The Morgan fingerprint density at radius 3 is 2.18 bits per heavy atom. The van der Waals surface area contributed by atoms with Crippen molar-refractivity contribution in [1.29, 1.82) is 0 Å². The minimum atomic E-state index is -0.412. The normalized spacial score (nSPS) is 12.5. The van der Waals surface area contributed by atoms with Crippen LogP contribution in [0.1, 0.15) is 58.4 Å². The fourth-order valence-electron chi connectivity index (χ4n) is 2.11. The Hall–Kier alpha value is -1.91. The molecule has 0 amide bonds. The zero-order valence-electron chi connectivity index (χ0n) is 13.9. The van der Waals surface area contributed by atoms with E-state index < -0.39 is 5.82 Å². The minimum absolute atomic E-state index is 0.0639. The quantitative estimate of drug-likeness (QED) is 0.865. The Labute approximate surface area is 131 Å². The summed E-state index contributed by atoms with van der Waals surface area (Å²) in [5.41, 5.74) is 0.710. The van der Waals surface area contributed by atoms with Crippen molar-refractivity contribution in [3.8, 4) is 0 Å². The number of nitrogens with zero attached hydrogens (tertiary/aromatic N) is 4. The molecule has 118 valence electrons. The van der Waals surface area contributed by atoms with Gasteiger partial charge in [-0.3, -0.25) is 0 Å². The average Bonchev–Trinajstić information content (AvgIpc) is 2.45. The van der Waals surface area contributed by atoms with Gasteiger partial charge in [0.15, 0.2) is 5.82 Å². The van der Waals surface area contributed by atoms with Crippen LogP contribution in [0.4, 0.5) is 4.39 Å². The standard InChI is InChI=1S/C17H23FN4/c1-16(2,3)14-19-9-7-13(22-14)6-8-17(4,5)15-20-10-12(18)11-21-15/h7,9-11H,6,8H2,1-5H3. The van der Waals surface area contributed by atoms with Gasteiger partial charge in [0.05, 0.1) is 12.4 Å². The summed E-state index contributed by atoms with van der Waals surface area (Å²) in [7, 11) is 0. The van der Waals surface area contributed by atoms with Gasteiger partial charge < -0.3 is 0 Å². The molecule has 0 fully saturated rings. The summed E-state index contributed by atoms with van der Waals surface area (Å²) in [5.74, 6) is 1.09. The smallest absolute Gasteiger partial charge is 0.159 e. The number of hydrogen-bond acceptors (Lipinski definition) is 4. The van der Waals surface area contributed by atoms with Gasteiger partial charge in [0, 0.05) is 22.7 Å². The molecule has 5 heteroatoms. The lowest BCUT2D eigenvalue weighted by Gasteiger charge is -2.23. The van der Waals surface area contributed by atoms with E-state index >= 15 is 0 Å². The van der Waals surface area contributed by atoms with E-state index in [1.807, 2.05) is 12.3 Å². The van der Waals surface area contributed by atoms with E-state index in [0.29, 0.717) is 5.82 Å². The molecule has 4 nitrogen and oxygen atoms in total. The van der Waals surface area contributed by atoms with Crippen LogP contribution in [0.2, 0.25) is 0 Å². The molecule has 0 aliphatic heterocycles. The molecule has 0 bridgehead atoms. The van der Waals surface area contributed by atoms with Gasteiger partial charge in [0.2, 0.25) is 0 Å². The largest absolute Gasteiger partial charge is 0.241 e. The van der Waals surface area contributed by atoms with E-state index in [-0.39, 0.29) is 10.8 Å². The first kappa shape index (κ1) is 16.5. The van der Waals surface area contributed by atoms with Crippen LogP contribution in [0.15, 0.2) is 24.7 Å². The third-order valence-electron chi connectivity index (χ3n) is 3.62. The molecule has 0 aromatic carbocycles. The lowest BCUT2D eigenvalue weighted by molar-refractivity contribution is 0.441. The Morgan fingerprint density at radius 2 is 1.59 bits per heavy atom. The number of aromatic nitrogens is 4. The second-order valence-corrected chi connectivity index (χ2v) is 7.23. The van der Waals surface area contributed by atoms with Crippen molar-refractivity contribution >= 4 is 0 Å². The summed E-state index contributed by atoms with van der Waals surface area (Å²) in [6.07, 6.45) is 5.88. The van der Waals surface area contributed by atoms with Crippen molar-refractivity contribution in [3.63, 3.8) is 0 Å². The van der Waals surface area contributed by atoms with E-state index in [9.17, 15) is 4.39 Å². The predicted molar refractivity (Wildman–Crippen MR) is 84.1 cm³/mol. The van der Waals surface area contributed by atoms with Crippen LogP contribution >= 0.6 is 0 Å². The van der Waals surface area contributed by atoms with E-state index in [2.05, 4.69) is 54.6 Å². The van der Waals surface area contributed by atoms with Gasteiger partial charge in [-0.15, -0.1) is 0 Å². The Balaban J connectivity index is 2.10. The van der Waals surface area contributed by atoms with E-state index in [1.54, 1.807) is 0 Å². The van der Waals surface area contributed by atoms with Gasteiger partial charge >= 0.3 is 0 Å². The van der Waals surface area contributed by atoms with Gasteiger partial charge in [-0.05, 0) is 18.9 Å². The highest BCUT2D eigenvalue weighted by atomic mass is 19.1. The molecule has 0 unspecified atom stereocenters. The maximum absolute atomic E-state index is 12.9. The van der Waals surface area contributed by atoms with Crippen LogP contribution in [0.25, 0.3) is 0 Å². The lowest BCUT2D eigenvalue weighted by Crippen LogP contribution is -2.22. The Morgan fingerprint density at radius 1 is 0.955 bits per heavy atom. The second-order valence-electron chi connectivity index (χ2n) is 7.23. The highest BCUT2D eigenvalue weighted by Crippen LogP contribution is 2.25. The number of aryl methyl sites for hydroxylation is 1. The first-order valence-corrected chi connectivity index (χ1v) is 7.49. The summed E-state index contributed by atoms with van der Waals surface area (Å²) in [4.78, 5) is 17.2. The lowest BCUT2D eigenvalue weighted by atomic mass is 9.86. The van der Waals surface area contributed by atoms with Gasteiger partial charge in [-0.1, -0.05) is 34.6 Å². The molecule has 0 saturated carbocycles. The molecule has 22 heavy (non-hydrogen) atoms. The topological polar surface area (TPSA) is 51.6 Å². The molecule has 2 heterocycles. The zero-order chi connectivity index (χ0) is 16.4. The fraction of sp³-hybridized carbons (Fsp3) is 0.529. The summed E-state index contributed by atoms with van der Waals surface area (Å²) in [6.45, 7) is 10.4. The maximum Gasteiger partial charge on any atom is 0.159 e. The highest BCUT2D eigenvalue weighted by molar-refractivity contribution is 5.11. The van der Waals surface area contributed by atoms with Crippen molar-refractivity contribution in [3.05, 3.63) is 47.8 Å². The van der Waals surface area contributed by atoms with Crippen molar-refractivity contribution < 1.29 is 4.39 Å². The SMILES string of the molecule is CC(C)(C)c1nccc(CCC(C)(C)c2ncc(F)cn2)n1. The van der Waals surface area contributed by atoms with Gasteiger partial charge in [0.25, 0.3) is 0 Å². The number of halogens is 1. The van der Waals surface area contributed by atoms with Crippen molar-refractivity contribution in [2.24, 2.45) is 0 Å². The molecule has 2 aromatic heterocycles. The van der Waals surface area contributed by atoms with Crippen LogP contribution in [0, 0.1) is 5.82 Å². The third kappa shape index (κ3) is 4.06. The molecule has 0 atom stereocenters. The van der Waals surface area contributed by atoms with Crippen LogP contribution in [-0.4, -0.2) is 19.9 Å². The summed E-state index contributed by atoms with van der Waals surface area (Å²) in [5, 5.41) is 0. The molecule has 2 rings (SSSR count). The summed E-state index contributed by atoms with van der Waals surface area (Å²) in [6, 6.07) is 1.94. The molecular formula is C17H23FN4. The molecule has 0 aliphatic rings. The minimum Gasteiger partial charge on any atom is -0.241 e. The Kier molecular flexibility index (Phi) is 4.54. The summed E-state index contributed by atoms with van der Waals surface area (Å²) < 4.78 is 12.9. The van der Waals surface area contributed by atoms with E-state index in [0.717, 1.165) is 24.4 Å². The predicted octanol–water partition coefficient (Wildman–Crippen LogP) is 3.61. The molecule has 0 N–H and O–H groups in total. The second kappa shape index (κ2) is 6.07. The summed E-state index contributed by atoms with van der Waals surface area (Å²) >= 11 is 0. The van der Waals surface area contributed by atoms with Crippen molar-refractivity contribution in [2.45, 2.75) is 58.3 Å². The number of rotatable bonds is 4. The molecule has 2 aromatic rings. The molecule has 0 spiro atoms. The molecule has 0 radical (unpaired) electrons. The zero-order valence-corrected chi connectivity index (χ0v) is 13.9. The van der Waals surface area contributed by atoms with Crippen molar-refractivity contribution in [1.82, 2.24) is 19.9 Å². The van der Waals surface area contributed by atoms with E-state index in [1.165, 1.54) is 12.4 Å². The molecule has 0 saturated heterocycles. The Bertz CT molecular complexity index is 630. The van der Waals surface area contributed by atoms with E-state index in [4.69, 9.17) is 0 Å². The first-order chi connectivity index (χ1) is 10.2. The molecule has 0 aliphatic carbocycles. The highest BCUT2D eigenvalue weighted by Gasteiger charge is 2.24. The van der Waals surface area contributed by atoms with Gasteiger partial charge in [-0.2, -0.15) is 0 Å². The van der Waals surface area contributed by atoms with Gasteiger partial charge in [-0.25, -0.2) is 24.3 Å². The van der Waals surface area contributed by atoms with Crippen LogP contribution < -0.4 is 0 Å². The average molecular weight is 302 g/mol. The number of hydrogen-bond donors (Lipinski definition) is 0. The van der Waals surface area contributed by atoms with Gasteiger partial charge in [0.1, 0.15) is 11.6 Å². The monoisotopic (exact) mass is 302 g/mol. The maximum atomic E-state index is 12.9. The molecular weight excluding hydrogens is 279 g/mol. The first-order valence-electron chi connectivity index (χ1n) is 7.49. The fourth-order valence-corrected chi connectivity index (χ4v) is 2.11.